The second-order valence-corrected chi connectivity index (χ2v) is 12.1. The Bertz CT molecular complexity index is 1430. The number of benzene rings is 1. The zero-order chi connectivity index (χ0) is 28.7. The summed E-state index contributed by atoms with van der Waals surface area (Å²) in [6.07, 6.45) is 1.57. The fourth-order valence-corrected chi connectivity index (χ4v) is 5.66. The lowest BCUT2D eigenvalue weighted by Crippen LogP contribution is -2.66. The van der Waals surface area contributed by atoms with Gasteiger partial charge in [-0.05, 0) is 45.9 Å². The van der Waals surface area contributed by atoms with Crippen LogP contribution in [0.15, 0.2) is 30.5 Å². The maximum Gasteiger partial charge on any atom is 0.498 e. The molecule has 0 amide bonds. The Morgan fingerprint density at radius 1 is 1.02 bits per heavy atom. The van der Waals surface area contributed by atoms with Gasteiger partial charge in [0.05, 0.1) is 24.0 Å². The third kappa shape index (κ3) is 4.39. The van der Waals surface area contributed by atoms with Gasteiger partial charge in [-0.25, -0.2) is 22.8 Å². The Kier molecular flexibility index (Phi) is 5.94. The summed E-state index contributed by atoms with van der Waals surface area (Å²) in [4.78, 5) is 11.1. The molecule has 2 saturated heterocycles. The number of nitrogens with zero attached hydrogens (tertiary/aromatic N) is 5. The van der Waals surface area contributed by atoms with Gasteiger partial charge in [-0.1, -0.05) is 6.07 Å². The highest BCUT2D eigenvalue weighted by Crippen LogP contribution is 2.57. The summed E-state index contributed by atoms with van der Waals surface area (Å²) in [6, 6.07) is 6.98. The number of methoxy groups -OCH3 is 1. The first-order valence-corrected chi connectivity index (χ1v) is 13.2. The van der Waals surface area contributed by atoms with E-state index in [1.54, 1.807) is 30.1 Å². The lowest BCUT2D eigenvalue weighted by Gasteiger charge is -2.59. The summed E-state index contributed by atoms with van der Waals surface area (Å²) < 4.78 is 61.2. The topological polar surface area (TPSA) is 86.6 Å². The van der Waals surface area contributed by atoms with Gasteiger partial charge in [-0.2, -0.15) is 4.98 Å². The van der Waals surface area contributed by atoms with Crippen LogP contribution in [0.3, 0.4) is 0 Å². The van der Waals surface area contributed by atoms with Crippen LogP contribution in [0.5, 0.6) is 5.75 Å². The Labute approximate surface area is 231 Å². The van der Waals surface area contributed by atoms with Gasteiger partial charge in [0.2, 0.25) is 11.9 Å². The van der Waals surface area contributed by atoms with E-state index in [9.17, 15) is 8.78 Å². The van der Waals surface area contributed by atoms with Crippen LogP contribution in [0.1, 0.15) is 40.5 Å². The molecule has 212 valence electrons. The number of hydrogen-bond donors (Lipinski definition) is 1. The maximum atomic E-state index is 15.6. The second kappa shape index (κ2) is 8.84. The van der Waals surface area contributed by atoms with Crippen LogP contribution in [0.4, 0.5) is 30.6 Å². The van der Waals surface area contributed by atoms with E-state index in [0.29, 0.717) is 36.1 Å². The highest BCUT2D eigenvalue weighted by molar-refractivity contribution is 6.62. The molecule has 1 N–H and O–H groups in total. The summed E-state index contributed by atoms with van der Waals surface area (Å²) >= 11 is 0. The minimum absolute atomic E-state index is 0.000623. The molecule has 1 aliphatic carbocycles. The maximum absolute atomic E-state index is 15.6. The first-order valence-electron chi connectivity index (χ1n) is 13.2. The Morgan fingerprint density at radius 3 is 2.27 bits per heavy atom. The van der Waals surface area contributed by atoms with Gasteiger partial charge in [0, 0.05) is 55.6 Å². The van der Waals surface area contributed by atoms with Crippen LogP contribution in [-0.2, 0) is 16.4 Å². The van der Waals surface area contributed by atoms with E-state index in [1.165, 1.54) is 7.11 Å². The van der Waals surface area contributed by atoms with Crippen molar-refractivity contribution in [3.63, 3.8) is 0 Å². The largest absolute Gasteiger partial charge is 0.498 e. The molecule has 2 aliphatic heterocycles. The number of hydrogen-bond acceptors (Lipinski definition) is 8. The molecular formula is C27H32BF3N6O3. The summed E-state index contributed by atoms with van der Waals surface area (Å²) in [7, 11) is 2.24. The molecule has 0 radical (unpaired) electrons. The van der Waals surface area contributed by atoms with Crippen molar-refractivity contribution < 1.29 is 27.2 Å². The molecule has 4 heterocycles. The Hall–Kier alpha value is -3.32. The normalized spacial score (nSPS) is 21.7. The lowest BCUT2D eigenvalue weighted by molar-refractivity contribution is -0.170. The minimum Gasteiger partial charge on any atom is -0.492 e. The summed E-state index contributed by atoms with van der Waals surface area (Å²) in [5.41, 5.74) is -0.193. The third-order valence-electron chi connectivity index (χ3n) is 8.50. The molecule has 1 aromatic carbocycles. The molecule has 40 heavy (non-hydrogen) atoms. The first-order chi connectivity index (χ1) is 18.7. The van der Waals surface area contributed by atoms with Crippen LogP contribution >= 0.6 is 0 Å². The molecule has 3 aliphatic rings. The van der Waals surface area contributed by atoms with Gasteiger partial charge < -0.3 is 24.3 Å². The van der Waals surface area contributed by atoms with Crippen molar-refractivity contribution in [3.8, 4) is 17.1 Å². The van der Waals surface area contributed by atoms with Gasteiger partial charge >= 0.3 is 7.12 Å². The smallest absolute Gasteiger partial charge is 0.492 e. The van der Waals surface area contributed by atoms with Crippen molar-refractivity contribution in [1.29, 1.82) is 0 Å². The monoisotopic (exact) mass is 556 g/mol. The quantitative estimate of drug-likeness (QED) is 0.450. The van der Waals surface area contributed by atoms with Crippen LogP contribution in [0.25, 0.3) is 11.4 Å². The van der Waals surface area contributed by atoms with Crippen molar-refractivity contribution in [2.75, 3.05) is 30.4 Å². The van der Waals surface area contributed by atoms with Crippen LogP contribution < -0.4 is 20.4 Å². The van der Waals surface area contributed by atoms with E-state index in [1.807, 2.05) is 44.7 Å². The Morgan fingerprint density at radius 2 is 1.70 bits per heavy atom. The number of aryl methyl sites for hydroxylation is 1. The molecule has 3 fully saturated rings. The molecule has 1 spiro atoms. The Balaban J connectivity index is 1.17. The fourth-order valence-electron chi connectivity index (χ4n) is 5.66. The van der Waals surface area contributed by atoms with E-state index >= 15 is 4.39 Å². The zero-order valence-corrected chi connectivity index (χ0v) is 23.4. The number of alkyl halides is 2. The molecule has 13 heteroatoms. The molecule has 2 aromatic heterocycles. The molecule has 1 saturated carbocycles. The van der Waals surface area contributed by atoms with E-state index in [4.69, 9.17) is 14.0 Å². The SMILES string of the molecule is COc1c(Nc2nc(-c3ccc(N4CC5(C4)CC(F)(F)C5)nc3)nn2C)ccc(B2OC(C)(C)C(C)(C)O2)c1F. The average Bonchev–Trinajstić information content (AvgIpc) is 3.30. The summed E-state index contributed by atoms with van der Waals surface area (Å²) in [5.74, 6) is -1.58. The van der Waals surface area contributed by atoms with Crippen molar-refractivity contribution in [1.82, 2.24) is 19.7 Å². The number of pyridine rings is 1. The van der Waals surface area contributed by atoms with Gasteiger partial charge in [-0.3, -0.25) is 0 Å². The van der Waals surface area contributed by atoms with E-state index in [0.717, 1.165) is 5.82 Å². The highest BCUT2D eigenvalue weighted by Gasteiger charge is 2.62. The number of anilines is 3. The molecule has 0 atom stereocenters. The van der Waals surface area contributed by atoms with Crippen molar-refractivity contribution in [3.05, 3.63) is 36.3 Å². The van der Waals surface area contributed by atoms with Gasteiger partial charge in [0.15, 0.2) is 17.4 Å². The number of aromatic nitrogens is 4. The summed E-state index contributed by atoms with van der Waals surface area (Å²) in [6.45, 7) is 8.82. The highest BCUT2D eigenvalue weighted by atomic mass is 19.3. The van der Waals surface area contributed by atoms with Crippen LogP contribution in [0.2, 0.25) is 0 Å². The number of ether oxygens (including phenoxy) is 1. The average molecular weight is 556 g/mol. The van der Waals surface area contributed by atoms with Gasteiger partial charge in [-0.15, -0.1) is 5.10 Å². The zero-order valence-electron chi connectivity index (χ0n) is 23.4. The molecule has 6 rings (SSSR count). The van der Waals surface area contributed by atoms with Crippen LogP contribution in [-0.4, -0.2) is 64.2 Å². The van der Waals surface area contributed by atoms with E-state index in [-0.39, 0.29) is 29.5 Å². The van der Waals surface area contributed by atoms with E-state index in [2.05, 4.69) is 20.4 Å². The molecular weight excluding hydrogens is 524 g/mol. The van der Waals surface area contributed by atoms with Crippen LogP contribution in [0, 0.1) is 11.2 Å². The van der Waals surface area contributed by atoms with E-state index < -0.39 is 30.1 Å². The van der Waals surface area contributed by atoms with Crippen molar-refractivity contribution in [2.45, 2.75) is 57.7 Å². The fraction of sp³-hybridized carbons (Fsp3) is 0.519. The second-order valence-electron chi connectivity index (χ2n) is 12.1. The molecule has 3 aromatic rings. The molecule has 0 unspecified atom stereocenters. The standard InChI is InChI=1S/C27H32BF3N6O3/c1-24(2)25(3,4)40-28(39-24)17-8-9-18(21(38-6)20(17)29)33-23-34-22(35-36(23)5)16-7-10-19(32-11-16)37-14-26(15-37)12-27(30,31)13-26/h7-11H,12-15H2,1-6H3,(H,33,34,35). The van der Waals surface area contributed by atoms with Crippen molar-refractivity contribution in [2.24, 2.45) is 12.5 Å². The van der Waals surface area contributed by atoms with Crippen molar-refractivity contribution >= 4 is 30.0 Å². The van der Waals surface area contributed by atoms with Gasteiger partial charge in [0.25, 0.3) is 0 Å². The summed E-state index contributed by atoms with van der Waals surface area (Å²) in [5, 5.41) is 7.57. The predicted octanol–water partition coefficient (Wildman–Crippen LogP) is 4.30. The third-order valence-corrected chi connectivity index (χ3v) is 8.50. The first kappa shape index (κ1) is 26.9. The predicted molar refractivity (Wildman–Crippen MR) is 145 cm³/mol. The number of halogens is 3. The number of nitrogens with one attached hydrogen (secondary N) is 1. The molecule has 9 nitrogen and oxygen atoms in total. The molecule has 0 bridgehead atoms. The lowest BCUT2D eigenvalue weighted by atomic mass is 9.61. The van der Waals surface area contributed by atoms with Gasteiger partial charge in [0.1, 0.15) is 5.82 Å². The number of rotatable bonds is 6. The minimum atomic E-state index is -2.52.